The van der Waals surface area contributed by atoms with Crippen molar-refractivity contribution in [3.8, 4) is 6.07 Å². The molecule has 1 N–H and O–H groups in total. The van der Waals surface area contributed by atoms with Gasteiger partial charge in [0.2, 0.25) is 0 Å². The molecule has 0 spiro atoms. The molecule has 1 atom stereocenters. The lowest BCUT2D eigenvalue weighted by molar-refractivity contribution is -0.137. The second kappa shape index (κ2) is 5.89. The average molecular weight is 263 g/mol. The molecule has 0 amide bonds. The Kier molecular flexibility index (Phi) is 5.00. The molecule has 18 heavy (non-hydrogen) atoms. The molecule has 3 nitrogen and oxygen atoms in total. The van der Waals surface area contributed by atoms with E-state index in [1.54, 1.807) is 11.9 Å². The van der Waals surface area contributed by atoms with Gasteiger partial charge in [0.25, 0.3) is 0 Å². The first-order valence-electron chi connectivity index (χ1n) is 6.18. The van der Waals surface area contributed by atoms with Gasteiger partial charge in [-0.1, -0.05) is 0 Å². The number of alkyl halides is 3. The van der Waals surface area contributed by atoms with Gasteiger partial charge in [-0.25, -0.2) is 0 Å². The van der Waals surface area contributed by atoms with Gasteiger partial charge in [0.1, 0.15) is 5.54 Å². The van der Waals surface area contributed by atoms with Crippen LogP contribution in [0, 0.1) is 11.3 Å². The van der Waals surface area contributed by atoms with Crippen LogP contribution in [0.3, 0.4) is 0 Å². The third-order valence-corrected chi connectivity index (χ3v) is 3.12. The number of hydrogen-bond donors (Lipinski definition) is 1. The molecular formula is C12H20F3N3. The summed E-state index contributed by atoms with van der Waals surface area (Å²) in [5.74, 6) is 0. The van der Waals surface area contributed by atoms with Gasteiger partial charge >= 0.3 is 6.18 Å². The molecule has 104 valence electrons. The Morgan fingerprint density at radius 3 is 2.28 bits per heavy atom. The Morgan fingerprint density at radius 1 is 1.28 bits per heavy atom. The Hall–Kier alpha value is -0.800. The van der Waals surface area contributed by atoms with Crippen LogP contribution >= 0.6 is 0 Å². The van der Waals surface area contributed by atoms with Crippen LogP contribution < -0.4 is 5.32 Å². The van der Waals surface area contributed by atoms with Gasteiger partial charge in [0.15, 0.2) is 0 Å². The summed E-state index contributed by atoms with van der Waals surface area (Å²) in [6, 6.07) is 2.63. The minimum Gasteiger partial charge on any atom is -0.306 e. The lowest BCUT2D eigenvalue weighted by Crippen LogP contribution is -2.44. The summed E-state index contributed by atoms with van der Waals surface area (Å²) in [4.78, 5) is 1.62. The first-order chi connectivity index (χ1) is 8.24. The van der Waals surface area contributed by atoms with E-state index in [4.69, 9.17) is 5.26 Å². The van der Waals surface area contributed by atoms with Crippen molar-refractivity contribution in [3.05, 3.63) is 0 Å². The molecule has 0 aromatic rings. The van der Waals surface area contributed by atoms with Crippen molar-refractivity contribution < 1.29 is 13.2 Å². The quantitative estimate of drug-likeness (QED) is 0.766. The van der Waals surface area contributed by atoms with Gasteiger partial charge in [-0.15, -0.1) is 0 Å². The van der Waals surface area contributed by atoms with Crippen LogP contribution in [0.4, 0.5) is 13.2 Å². The second-order valence-electron chi connectivity index (χ2n) is 5.28. The molecular weight excluding hydrogens is 243 g/mol. The first kappa shape index (κ1) is 15.3. The summed E-state index contributed by atoms with van der Waals surface area (Å²) in [6.45, 7) is 2.28. The molecule has 1 aliphatic carbocycles. The number of nitrogens with one attached hydrogen (secondary N) is 1. The molecule has 0 saturated heterocycles. The fraction of sp³-hybridized carbons (Fsp3) is 0.917. The van der Waals surface area contributed by atoms with E-state index in [2.05, 4.69) is 11.4 Å². The standard InChI is InChI=1S/C12H20F3N3/c1-11(9-16,17-10-3-4-10)5-7-18(2)8-6-12(13,14)15/h10,17H,3-8H2,1-2H3. The molecule has 1 fully saturated rings. The summed E-state index contributed by atoms with van der Waals surface area (Å²) in [6.07, 6.45) is -2.21. The highest BCUT2D eigenvalue weighted by atomic mass is 19.4. The number of nitrogens with zero attached hydrogens (tertiary/aromatic N) is 2. The lowest BCUT2D eigenvalue weighted by atomic mass is 9.99. The molecule has 0 aromatic carbocycles. The van der Waals surface area contributed by atoms with E-state index in [1.807, 2.05) is 6.92 Å². The fourth-order valence-electron chi connectivity index (χ4n) is 1.68. The lowest BCUT2D eigenvalue weighted by Gasteiger charge is -2.26. The maximum Gasteiger partial charge on any atom is 0.390 e. The van der Waals surface area contributed by atoms with Gasteiger partial charge in [-0.2, -0.15) is 18.4 Å². The normalized spacial score (nSPS) is 19.6. The Labute approximate surface area is 106 Å². The van der Waals surface area contributed by atoms with Crippen molar-refractivity contribution in [2.24, 2.45) is 0 Å². The van der Waals surface area contributed by atoms with Crippen LogP contribution in [0.1, 0.15) is 32.6 Å². The first-order valence-corrected chi connectivity index (χ1v) is 6.18. The van der Waals surface area contributed by atoms with Gasteiger partial charge in [0.05, 0.1) is 12.5 Å². The van der Waals surface area contributed by atoms with Gasteiger partial charge in [-0.3, -0.25) is 5.32 Å². The summed E-state index contributed by atoms with van der Waals surface area (Å²) in [5.41, 5.74) is -0.631. The minimum absolute atomic E-state index is 0.0194. The number of halogens is 3. The van der Waals surface area contributed by atoms with E-state index in [0.29, 0.717) is 19.0 Å². The molecule has 1 aliphatic rings. The van der Waals surface area contributed by atoms with Crippen molar-refractivity contribution in [1.29, 1.82) is 5.26 Å². The zero-order valence-corrected chi connectivity index (χ0v) is 10.8. The molecule has 1 rings (SSSR count). The van der Waals surface area contributed by atoms with Crippen LogP contribution in [0.15, 0.2) is 0 Å². The van der Waals surface area contributed by atoms with E-state index >= 15 is 0 Å². The van der Waals surface area contributed by atoms with E-state index in [1.165, 1.54) is 0 Å². The van der Waals surface area contributed by atoms with E-state index in [0.717, 1.165) is 12.8 Å². The zero-order chi connectivity index (χ0) is 13.8. The second-order valence-corrected chi connectivity index (χ2v) is 5.28. The van der Waals surface area contributed by atoms with Gasteiger partial charge < -0.3 is 4.90 Å². The van der Waals surface area contributed by atoms with Crippen molar-refractivity contribution >= 4 is 0 Å². The molecule has 0 radical (unpaired) electrons. The van der Waals surface area contributed by atoms with Crippen LogP contribution in [0.5, 0.6) is 0 Å². The van der Waals surface area contributed by atoms with Crippen molar-refractivity contribution in [1.82, 2.24) is 10.2 Å². The Bertz CT molecular complexity index is 307. The summed E-state index contributed by atoms with van der Waals surface area (Å²) < 4.78 is 36.1. The molecule has 0 aromatic heterocycles. The molecule has 0 aliphatic heterocycles. The Balaban J connectivity index is 2.27. The zero-order valence-electron chi connectivity index (χ0n) is 10.8. The highest BCUT2D eigenvalue weighted by Gasteiger charge is 2.33. The van der Waals surface area contributed by atoms with Crippen molar-refractivity contribution in [2.45, 2.75) is 50.4 Å². The van der Waals surface area contributed by atoms with Gasteiger partial charge in [0, 0.05) is 19.1 Å². The van der Waals surface area contributed by atoms with Crippen LogP contribution in [-0.4, -0.2) is 42.8 Å². The predicted octanol–water partition coefficient (Wildman–Crippen LogP) is 2.29. The Morgan fingerprint density at radius 2 is 1.83 bits per heavy atom. The maximum atomic E-state index is 12.0. The SMILES string of the molecule is CN(CCC(F)(F)F)CCC(C)(C#N)NC1CC1. The number of rotatable bonds is 7. The molecule has 6 heteroatoms. The van der Waals surface area contributed by atoms with Crippen LogP contribution in [-0.2, 0) is 0 Å². The molecule has 1 saturated carbocycles. The summed E-state index contributed by atoms with van der Waals surface area (Å²) >= 11 is 0. The van der Waals surface area contributed by atoms with E-state index in [9.17, 15) is 13.2 Å². The average Bonchev–Trinajstić information content (AvgIpc) is 3.06. The van der Waals surface area contributed by atoms with Crippen LogP contribution in [0.2, 0.25) is 0 Å². The number of nitriles is 1. The van der Waals surface area contributed by atoms with Gasteiger partial charge in [-0.05, 0) is 33.2 Å². The third kappa shape index (κ3) is 6.22. The van der Waals surface area contributed by atoms with Crippen molar-refractivity contribution in [3.63, 3.8) is 0 Å². The highest BCUT2D eigenvalue weighted by molar-refractivity contribution is 5.07. The largest absolute Gasteiger partial charge is 0.390 e. The van der Waals surface area contributed by atoms with E-state index < -0.39 is 18.1 Å². The molecule has 0 heterocycles. The third-order valence-electron chi connectivity index (χ3n) is 3.12. The maximum absolute atomic E-state index is 12.0. The fourth-order valence-corrected chi connectivity index (χ4v) is 1.68. The predicted molar refractivity (Wildman–Crippen MR) is 63.0 cm³/mol. The smallest absolute Gasteiger partial charge is 0.306 e. The molecule has 0 bridgehead atoms. The van der Waals surface area contributed by atoms with E-state index in [-0.39, 0.29) is 6.54 Å². The number of hydrogen-bond acceptors (Lipinski definition) is 3. The topological polar surface area (TPSA) is 39.1 Å². The highest BCUT2D eigenvalue weighted by Crippen LogP contribution is 2.24. The van der Waals surface area contributed by atoms with Crippen molar-refractivity contribution in [2.75, 3.05) is 20.1 Å². The molecule has 1 unspecified atom stereocenters. The summed E-state index contributed by atoms with van der Waals surface area (Å²) in [7, 11) is 1.65. The monoisotopic (exact) mass is 263 g/mol. The van der Waals surface area contributed by atoms with Crippen LogP contribution in [0.25, 0.3) is 0 Å². The minimum atomic E-state index is -4.11. The summed E-state index contributed by atoms with van der Waals surface area (Å²) in [5, 5.41) is 12.4.